The second-order valence-corrected chi connectivity index (χ2v) is 6.06. The van der Waals surface area contributed by atoms with Gasteiger partial charge in [-0.3, -0.25) is 9.20 Å². The third-order valence-corrected chi connectivity index (χ3v) is 4.04. The smallest absolute Gasteiger partial charge is 0.262 e. The first-order valence-corrected chi connectivity index (χ1v) is 8.06. The highest BCUT2D eigenvalue weighted by atomic mass is 79.9. The van der Waals surface area contributed by atoms with Crippen LogP contribution in [0.4, 0.5) is 0 Å². The predicted octanol–water partition coefficient (Wildman–Crippen LogP) is 2.21. The summed E-state index contributed by atoms with van der Waals surface area (Å²) in [5, 5.41) is 11.8. The lowest BCUT2D eigenvalue weighted by atomic mass is 10.1. The van der Waals surface area contributed by atoms with Gasteiger partial charge in [0.15, 0.2) is 0 Å². The van der Waals surface area contributed by atoms with Gasteiger partial charge in [0.2, 0.25) is 0 Å². The molecule has 6 heteroatoms. The lowest BCUT2D eigenvalue weighted by Crippen LogP contribution is -2.26. The Hall–Kier alpha value is -2.02. The molecule has 0 unspecified atom stereocenters. The molecule has 0 atom stereocenters. The van der Waals surface area contributed by atoms with E-state index in [1.807, 2.05) is 36.4 Å². The van der Waals surface area contributed by atoms with E-state index in [-0.39, 0.29) is 12.2 Å². The van der Waals surface area contributed by atoms with Crippen LogP contribution in [-0.4, -0.2) is 27.6 Å². The molecule has 3 aromatic rings. The molecule has 2 heterocycles. The predicted molar refractivity (Wildman–Crippen MR) is 93.4 cm³/mol. The van der Waals surface area contributed by atoms with Gasteiger partial charge in [0.05, 0.1) is 6.61 Å². The minimum atomic E-state index is -0.0961. The van der Waals surface area contributed by atoms with E-state index in [9.17, 15) is 4.79 Å². The molecular formula is C17H16BrN3O2. The van der Waals surface area contributed by atoms with Gasteiger partial charge in [0.1, 0.15) is 5.65 Å². The number of aliphatic hydroxyl groups excluding tert-OH is 1. The number of benzene rings is 1. The number of aliphatic hydroxyl groups is 1. The number of pyridine rings is 1. The van der Waals surface area contributed by atoms with Crippen molar-refractivity contribution in [3.8, 4) is 11.1 Å². The van der Waals surface area contributed by atoms with Gasteiger partial charge >= 0.3 is 0 Å². The zero-order valence-corrected chi connectivity index (χ0v) is 14.0. The molecule has 3 rings (SSSR count). The summed E-state index contributed by atoms with van der Waals surface area (Å²) in [6.45, 7) is 0.880. The largest absolute Gasteiger partial charge is 0.395 e. The second kappa shape index (κ2) is 7.04. The van der Waals surface area contributed by atoms with Crippen LogP contribution in [0.1, 0.15) is 5.56 Å². The third-order valence-electron chi connectivity index (χ3n) is 3.54. The second-order valence-electron chi connectivity index (χ2n) is 5.14. The Labute approximate surface area is 141 Å². The highest BCUT2D eigenvalue weighted by Crippen LogP contribution is 2.23. The van der Waals surface area contributed by atoms with Crippen LogP contribution in [-0.2, 0) is 6.54 Å². The molecule has 2 aromatic heterocycles. The molecule has 118 valence electrons. The number of aromatic nitrogens is 2. The van der Waals surface area contributed by atoms with Crippen LogP contribution in [0, 0.1) is 0 Å². The molecule has 5 nitrogen and oxygen atoms in total. The number of nitrogens with zero attached hydrogens (tertiary/aromatic N) is 2. The van der Waals surface area contributed by atoms with E-state index in [0.29, 0.717) is 24.3 Å². The molecule has 0 amide bonds. The van der Waals surface area contributed by atoms with E-state index in [1.165, 1.54) is 4.40 Å². The number of hydrogen-bond donors (Lipinski definition) is 2. The summed E-state index contributed by atoms with van der Waals surface area (Å²) in [6, 6.07) is 11.8. The van der Waals surface area contributed by atoms with Crippen molar-refractivity contribution < 1.29 is 5.11 Å². The molecule has 0 aliphatic rings. The first kappa shape index (κ1) is 15.9. The summed E-state index contributed by atoms with van der Waals surface area (Å²) in [5.74, 6) is 0. The fourth-order valence-electron chi connectivity index (χ4n) is 2.38. The molecule has 0 bridgehead atoms. The zero-order valence-electron chi connectivity index (χ0n) is 12.4. The Morgan fingerprint density at radius 3 is 2.83 bits per heavy atom. The zero-order chi connectivity index (χ0) is 16.2. The first-order chi connectivity index (χ1) is 11.2. The third kappa shape index (κ3) is 3.50. The lowest BCUT2D eigenvalue weighted by molar-refractivity contribution is 0.292. The maximum absolute atomic E-state index is 12.4. The molecule has 0 radical (unpaired) electrons. The molecule has 0 fully saturated rings. The van der Waals surface area contributed by atoms with Gasteiger partial charge < -0.3 is 10.4 Å². The Kier molecular flexibility index (Phi) is 4.85. The molecule has 0 spiro atoms. The Balaban J connectivity index is 1.98. The molecule has 0 aliphatic carbocycles. The van der Waals surface area contributed by atoms with E-state index >= 15 is 0 Å². The fraction of sp³-hybridized carbons (Fsp3) is 0.176. The van der Waals surface area contributed by atoms with Crippen LogP contribution in [0.2, 0.25) is 0 Å². The van der Waals surface area contributed by atoms with Gasteiger partial charge in [-0.05, 0) is 35.4 Å². The molecule has 2 N–H and O–H groups in total. The van der Waals surface area contributed by atoms with Crippen molar-refractivity contribution in [1.82, 2.24) is 14.7 Å². The molecule has 1 aromatic carbocycles. The number of nitrogens with one attached hydrogen (secondary N) is 1. The van der Waals surface area contributed by atoms with Crippen molar-refractivity contribution in [2.45, 2.75) is 6.54 Å². The monoisotopic (exact) mass is 373 g/mol. The van der Waals surface area contributed by atoms with E-state index < -0.39 is 0 Å². The van der Waals surface area contributed by atoms with E-state index in [2.05, 4.69) is 26.2 Å². The summed E-state index contributed by atoms with van der Waals surface area (Å²) in [7, 11) is 0. The van der Waals surface area contributed by atoms with Gasteiger partial charge in [-0.15, -0.1) is 0 Å². The van der Waals surface area contributed by atoms with Crippen LogP contribution in [0.5, 0.6) is 0 Å². The minimum Gasteiger partial charge on any atom is -0.395 e. The van der Waals surface area contributed by atoms with Crippen LogP contribution in [0.15, 0.2) is 58.1 Å². The average Bonchev–Trinajstić information content (AvgIpc) is 2.57. The normalized spacial score (nSPS) is 11.0. The van der Waals surface area contributed by atoms with E-state index in [0.717, 1.165) is 15.6 Å². The summed E-state index contributed by atoms with van der Waals surface area (Å²) >= 11 is 3.46. The van der Waals surface area contributed by atoms with Crippen LogP contribution >= 0.6 is 15.9 Å². The summed E-state index contributed by atoms with van der Waals surface area (Å²) in [6.07, 6.45) is 3.34. The van der Waals surface area contributed by atoms with Crippen molar-refractivity contribution >= 4 is 21.6 Å². The van der Waals surface area contributed by atoms with Crippen molar-refractivity contribution in [1.29, 1.82) is 0 Å². The van der Waals surface area contributed by atoms with Gasteiger partial charge in [-0.25, -0.2) is 4.98 Å². The average molecular weight is 374 g/mol. The van der Waals surface area contributed by atoms with Crippen molar-refractivity contribution in [2.75, 3.05) is 13.2 Å². The van der Waals surface area contributed by atoms with Crippen molar-refractivity contribution in [2.24, 2.45) is 0 Å². The Morgan fingerprint density at radius 1 is 1.22 bits per heavy atom. The van der Waals surface area contributed by atoms with Crippen molar-refractivity contribution in [3.05, 3.63) is 69.2 Å². The summed E-state index contributed by atoms with van der Waals surface area (Å²) in [5.41, 5.74) is 3.15. The first-order valence-electron chi connectivity index (χ1n) is 7.27. The minimum absolute atomic E-state index is 0.0400. The van der Waals surface area contributed by atoms with Gasteiger partial charge in [-0.2, -0.15) is 0 Å². The van der Waals surface area contributed by atoms with E-state index in [4.69, 9.17) is 5.11 Å². The standard InChI is InChI=1S/C17H16BrN3O2/c18-15-3-1-2-12(8-15)13-4-6-21-16(9-13)20-11-14(17(21)23)10-19-5-7-22/h1-4,6,8-9,11,19,22H,5,7,10H2. The highest BCUT2D eigenvalue weighted by molar-refractivity contribution is 9.10. The van der Waals surface area contributed by atoms with Crippen molar-refractivity contribution in [3.63, 3.8) is 0 Å². The fourth-order valence-corrected chi connectivity index (χ4v) is 2.78. The molecule has 0 aliphatic heterocycles. The molecule has 23 heavy (non-hydrogen) atoms. The molecule has 0 saturated heterocycles. The Bertz CT molecular complexity index is 892. The SMILES string of the molecule is O=c1c(CNCCO)cnc2cc(-c3cccc(Br)c3)ccn12. The summed E-state index contributed by atoms with van der Waals surface area (Å²) in [4.78, 5) is 16.8. The van der Waals surface area contributed by atoms with Gasteiger partial charge in [0, 0.05) is 35.5 Å². The molecular weight excluding hydrogens is 358 g/mol. The van der Waals surface area contributed by atoms with E-state index in [1.54, 1.807) is 12.4 Å². The lowest BCUT2D eigenvalue weighted by Gasteiger charge is -2.07. The quantitative estimate of drug-likeness (QED) is 0.672. The number of fused-ring (bicyclic) bond motifs is 1. The van der Waals surface area contributed by atoms with Crippen LogP contribution < -0.4 is 10.9 Å². The number of halogens is 1. The van der Waals surface area contributed by atoms with Crippen LogP contribution in [0.3, 0.4) is 0 Å². The van der Waals surface area contributed by atoms with Gasteiger partial charge in [-0.1, -0.05) is 28.1 Å². The number of rotatable bonds is 5. The maximum Gasteiger partial charge on any atom is 0.262 e. The number of hydrogen-bond acceptors (Lipinski definition) is 4. The molecule has 0 saturated carbocycles. The van der Waals surface area contributed by atoms with Gasteiger partial charge in [0.25, 0.3) is 5.56 Å². The summed E-state index contributed by atoms with van der Waals surface area (Å²) < 4.78 is 2.54. The highest BCUT2D eigenvalue weighted by Gasteiger charge is 2.06. The van der Waals surface area contributed by atoms with Crippen LogP contribution in [0.25, 0.3) is 16.8 Å². The topological polar surface area (TPSA) is 66.6 Å². The maximum atomic E-state index is 12.4. The Morgan fingerprint density at radius 2 is 2.04 bits per heavy atom.